The Bertz CT molecular complexity index is 1180. The summed E-state index contributed by atoms with van der Waals surface area (Å²) in [6.45, 7) is 9.11. The van der Waals surface area contributed by atoms with Crippen molar-refractivity contribution >= 4 is 11.9 Å². The number of carbonyl (C=O) groups is 2. The molecule has 0 aromatic heterocycles. The number of ether oxygens (including phenoxy) is 3. The summed E-state index contributed by atoms with van der Waals surface area (Å²) < 4.78 is 17.2. The van der Waals surface area contributed by atoms with E-state index in [2.05, 4.69) is 0 Å². The Hall–Kier alpha value is -3.80. The molecule has 3 rings (SSSR count). The molecule has 6 heteroatoms. The molecule has 0 fully saturated rings. The largest absolute Gasteiger partial charge is 0.496 e. The minimum Gasteiger partial charge on any atom is -0.496 e. The number of aryl methyl sites for hydroxylation is 1. The van der Waals surface area contributed by atoms with Crippen LogP contribution in [0.4, 0.5) is 0 Å². The van der Waals surface area contributed by atoms with Gasteiger partial charge in [-0.3, -0.25) is 0 Å². The molecule has 0 unspecified atom stereocenters. The summed E-state index contributed by atoms with van der Waals surface area (Å²) in [7, 11) is 1.49. The Morgan fingerprint density at radius 1 is 0.848 bits per heavy atom. The van der Waals surface area contributed by atoms with Crippen LogP contribution in [0.5, 0.6) is 17.2 Å². The number of hydrogen-bond donors (Lipinski definition) is 1. The molecule has 0 atom stereocenters. The van der Waals surface area contributed by atoms with Crippen LogP contribution in [0.25, 0.3) is 0 Å². The molecule has 0 saturated heterocycles. The molecule has 0 aliphatic heterocycles. The Morgan fingerprint density at radius 3 is 2.00 bits per heavy atom. The van der Waals surface area contributed by atoms with Crippen LogP contribution in [0.1, 0.15) is 54.1 Å². The predicted octanol–water partition coefficient (Wildman–Crippen LogP) is 5.73. The number of benzene rings is 3. The third-order valence-electron chi connectivity index (χ3n) is 5.91. The summed E-state index contributed by atoms with van der Waals surface area (Å²) in [4.78, 5) is 24.9. The van der Waals surface area contributed by atoms with Crippen LogP contribution >= 0.6 is 0 Å². The molecular weight excluding hydrogens is 420 g/mol. The Labute approximate surface area is 193 Å². The standard InChI is InChI=1S/C27H28O6/c1-15-12-21(32-14-20-10-8-7-9-11-20)13-22(31-6)23(15)27(30)33-25-18(4)16(2)24(26(28)29)17(3)19(25)5/h7-13H,14H2,1-6H3,(H,28,29). The average Bonchev–Trinajstić information content (AvgIpc) is 2.79. The molecule has 0 spiro atoms. The lowest BCUT2D eigenvalue weighted by Crippen LogP contribution is -2.16. The summed E-state index contributed by atoms with van der Waals surface area (Å²) >= 11 is 0. The second-order valence-corrected chi connectivity index (χ2v) is 7.99. The van der Waals surface area contributed by atoms with Gasteiger partial charge in [0.1, 0.15) is 29.4 Å². The molecule has 6 nitrogen and oxygen atoms in total. The van der Waals surface area contributed by atoms with Crippen LogP contribution in [-0.2, 0) is 6.61 Å². The van der Waals surface area contributed by atoms with Crippen LogP contribution in [0.15, 0.2) is 42.5 Å². The van der Waals surface area contributed by atoms with Gasteiger partial charge in [-0.2, -0.15) is 0 Å². The summed E-state index contributed by atoms with van der Waals surface area (Å²) in [5, 5.41) is 9.56. The fourth-order valence-electron chi connectivity index (χ4n) is 3.87. The molecule has 33 heavy (non-hydrogen) atoms. The summed E-state index contributed by atoms with van der Waals surface area (Å²) in [6.07, 6.45) is 0. The fraction of sp³-hybridized carbons (Fsp3) is 0.259. The highest BCUT2D eigenvalue weighted by Crippen LogP contribution is 2.35. The first-order valence-electron chi connectivity index (χ1n) is 10.6. The number of hydrogen-bond acceptors (Lipinski definition) is 5. The van der Waals surface area contributed by atoms with Gasteiger partial charge in [-0.1, -0.05) is 30.3 Å². The SMILES string of the molecule is COc1cc(OCc2ccccc2)cc(C)c1C(=O)Oc1c(C)c(C)c(C(=O)O)c(C)c1C. The van der Waals surface area contributed by atoms with Gasteiger partial charge in [0.15, 0.2) is 0 Å². The predicted molar refractivity (Wildman–Crippen MR) is 126 cm³/mol. The van der Waals surface area contributed by atoms with Crippen LogP contribution in [0.3, 0.4) is 0 Å². The van der Waals surface area contributed by atoms with Gasteiger partial charge in [0.2, 0.25) is 0 Å². The lowest BCUT2D eigenvalue weighted by molar-refractivity contribution is 0.0694. The van der Waals surface area contributed by atoms with Crippen LogP contribution < -0.4 is 14.2 Å². The van der Waals surface area contributed by atoms with Crippen molar-refractivity contribution in [2.24, 2.45) is 0 Å². The van der Waals surface area contributed by atoms with E-state index in [0.717, 1.165) is 5.56 Å². The summed E-state index contributed by atoms with van der Waals surface area (Å²) in [6, 6.07) is 13.2. The second kappa shape index (κ2) is 9.77. The lowest BCUT2D eigenvalue weighted by Gasteiger charge is -2.19. The third kappa shape index (κ3) is 4.85. The molecule has 0 heterocycles. The van der Waals surface area contributed by atoms with Crippen molar-refractivity contribution in [1.82, 2.24) is 0 Å². The van der Waals surface area contributed by atoms with E-state index in [0.29, 0.717) is 57.2 Å². The van der Waals surface area contributed by atoms with E-state index >= 15 is 0 Å². The van der Waals surface area contributed by atoms with E-state index in [1.54, 1.807) is 46.8 Å². The van der Waals surface area contributed by atoms with E-state index in [1.807, 2.05) is 30.3 Å². The monoisotopic (exact) mass is 448 g/mol. The van der Waals surface area contributed by atoms with E-state index in [1.165, 1.54) is 7.11 Å². The van der Waals surface area contributed by atoms with Gasteiger partial charge in [0, 0.05) is 6.07 Å². The molecular formula is C27H28O6. The van der Waals surface area contributed by atoms with Gasteiger partial charge >= 0.3 is 11.9 Å². The highest BCUT2D eigenvalue weighted by Gasteiger charge is 2.25. The molecule has 0 bridgehead atoms. The van der Waals surface area contributed by atoms with Gasteiger partial charge in [-0.05, 0) is 74.1 Å². The van der Waals surface area contributed by atoms with Crippen molar-refractivity contribution in [3.63, 3.8) is 0 Å². The average molecular weight is 449 g/mol. The first-order valence-corrected chi connectivity index (χ1v) is 10.6. The van der Waals surface area contributed by atoms with Crippen molar-refractivity contribution in [2.45, 2.75) is 41.2 Å². The van der Waals surface area contributed by atoms with Gasteiger partial charge in [-0.25, -0.2) is 9.59 Å². The molecule has 172 valence electrons. The molecule has 0 amide bonds. The number of esters is 1. The molecule has 1 N–H and O–H groups in total. The summed E-state index contributed by atoms with van der Waals surface area (Å²) in [5.41, 5.74) is 4.57. The van der Waals surface area contributed by atoms with Crippen molar-refractivity contribution in [1.29, 1.82) is 0 Å². The maximum absolute atomic E-state index is 13.2. The van der Waals surface area contributed by atoms with Crippen LogP contribution in [0.2, 0.25) is 0 Å². The van der Waals surface area contributed by atoms with Gasteiger partial charge in [0.05, 0.1) is 12.7 Å². The topological polar surface area (TPSA) is 82.1 Å². The van der Waals surface area contributed by atoms with Gasteiger partial charge in [-0.15, -0.1) is 0 Å². The zero-order chi connectivity index (χ0) is 24.3. The van der Waals surface area contributed by atoms with E-state index in [-0.39, 0.29) is 5.56 Å². The highest BCUT2D eigenvalue weighted by molar-refractivity contribution is 5.97. The Kier molecular flexibility index (Phi) is 7.07. The smallest absolute Gasteiger partial charge is 0.347 e. The van der Waals surface area contributed by atoms with Crippen LogP contribution in [0, 0.1) is 34.6 Å². The van der Waals surface area contributed by atoms with Crippen molar-refractivity contribution in [2.75, 3.05) is 7.11 Å². The molecule has 0 radical (unpaired) electrons. The number of carboxylic acids is 1. The van der Waals surface area contributed by atoms with E-state index in [9.17, 15) is 14.7 Å². The quantitative estimate of drug-likeness (QED) is 0.367. The third-order valence-corrected chi connectivity index (χ3v) is 5.91. The minimum absolute atomic E-state index is 0.235. The number of aromatic carboxylic acids is 1. The molecule has 3 aromatic rings. The Balaban J connectivity index is 1.92. The number of carboxylic acid groups (broad SMARTS) is 1. The molecule has 0 saturated carbocycles. The summed E-state index contributed by atoms with van der Waals surface area (Å²) in [5.74, 6) is -0.292. The Morgan fingerprint density at radius 2 is 1.45 bits per heavy atom. The molecule has 0 aliphatic carbocycles. The minimum atomic E-state index is -1.00. The molecule has 0 aliphatic rings. The number of carbonyl (C=O) groups excluding carboxylic acids is 1. The van der Waals surface area contributed by atoms with E-state index in [4.69, 9.17) is 14.2 Å². The second-order valence-electron chi connectivity index (χ2n) is 7.99. The van der Waals surface area contributed by atoms with Crippen molar-refractivity contribution in [3.05, 3.63) is 87.0 Å². The number of rotatable bonds is 7. The normalized spacial score (nSPS) is 10.6. The van der Waals surface area contributed by atoms with Crippen molar-refractivity contribution in [3.8, 4) is 17.2 Å². The van der Waals surface area contributed by atoms with Crippen molar-refractivity contribution < 1.29 is 28.9 Å². The van der Waals surface area contributed by atoms with Crippen LogP contribution in [-0.4, -0.2) is 24.2 Å². The fourth-order valence-corrected chi connectivity index (χ4v) is 3.87. The first kappa shape index (κ1) is 23.9. The van der Waals surface area contributed by atoms with Gasteiger partial charge < -0.3 is 19.3 Å². The zero-order valence-electron chi connectivity index (χ0n) is 19.7. The lowest BCUT2D eigenvalue weighted by atomic mass is 9.93. The maximum Gasteiger partial charge on any atom is 0.347 e. The van der Waals surface area contributed by atoms with E-state index < -0.39 is 11.9 Å². The number of methoxy groups -OCH3 is 1. The molecule has 3 aromatic carbocycles. The maximum atomic E-state index is 13.2. The van der Waals surface area contributed by atoms with Gasteiger partial charge in [0.25, 0.3) is 0 Å². The first-order chi connectivity index (χ1) is 15.6. The highest BCUT2D eigenvalue weighted by atomic mass is 16.5. The zero-order valence-corrected chi connectivity index (χ0v) is 19.7.